The van der Waals surface area contributed by atoms with Gasteiger partial charge in [0.1, 0.15) is 5.69 Å². The molecule has 1 amide bonds. The van der Waals surface area contributed by atoms with Crippen molar-refractivity contribution in [3.8, 4) is 0 Å². The van der Waals surface area contributed by atoms with Gasteiger partial charge in [-0.1, -0.05) is 0 Å². The molecule has 0 saturated carbocycles. The number of carbonyl (C=O) groups excluding carboxylic acids is 1. The summed E-state index contributed by atoms with van der Waals surface area (Å²) in [6.45, 7) is 2.24. The molecular weight excluding hydrogens is 254 g/mol. The Kier molecular flexibility index (Phi) is 3.60. The highest BCUT2D eigenvalue weighted by molar-refractivity contribution is 5.98. The number of benzene rings is 1. The van der Waals surface area contributed by atoms with Gasteiger partial charge in [0.05, 0.1) is 6.61 Å². The predicted molar refractivity (Wildman–Crippen MR) is 78.6 cm³/mol. The van der Waals surface area contributed by atoms with Gasteiger partial charge in [-0.3, -0.25) is 4.79 Å². The van der Waals surface area contributed by atoms with Gasteiger partial charge in [-0.25, -0.2) is 0 Å². The maximum Gasteiger partial charge on any atom is 0.267 e. The second-order valence-corrected chi connectivity index (χ2v) is 5.32. The van der Waals surface area contributed by atoms with Gasteiger partial charge in [0.2, 0.25) is 0 Å². The third-order valence-electron chi connectivity index (χ3n) is 3.70. The number of aromatic nitrogens is 1. The molecule has 0 aliphatic carbocycles. The molecule has 1 aliphatic rings. The topological polar surface area (TPSA) is 80.1 Å². The lowest BCUT2D eigenvalue weighted by Gasteiger charge is -2.21. The molecule has 1 fully saturated rings. The zero-order valence-electron chi connectivity index (χ0n) is 11.3. The van der Waals surface area contributed by atoms with Crippen LogP contribution in [0.3, 0.4) is 0 Å². The van der Waals surface area contributed by atoms with E-state index in [9.17, 15) is 4.79 Å². The van der Waals surface area contributed by atoms with E-state index >= 15 is 0 Å². The van der Waals surface area contributed by atoms with Crippen molar-refractivity contribution in [2.45, 2.75) is 12.8 Å². The van der Waals surface area contributed by atoms with Crippen molar-refractivity contribution in [3.05, 3.63) is 30.0 Å². The lowest BCUT2D eigenvalue weighted by molar-refractivity contribution is 0.0536. The Morgan fingerprint density at radius 3 is 3.15 bits per heavy atom. The van der Waals surface area contributed by atoms with Crippen LogP contribution in [0.5, 0.6) is 0 Å². The average Bonchev–Trinajstić information content (AvgIpc) is 2.89. The Hall–Kier alpha value is -2.01. The SMILES string of the molecule is Nc1ccc2[nH]c(C(=O)NCC3CCCOC3)cc2c1. The van der Waals surface area contributed by atoms with Crippen LogP contribution in [0.4, 0.5) is 5.69 Å². The fourth-order valence-electron chi connectivity index (χ4n) is 2.57. The second kappa shape index (κ2) is 5.54. The first-order valence-electron chi connectivity index (χ1n) is 6.96. The normalized spacial score (nSPS) is 19.1. The summed E-state index contributed by atoms with van der Waals surface area (Å²) >= 11 is 0. The summed E-state index contributed by atoms with van der Waals surface area (Å²) in [4.78, 5) is 15.2. The van der Waals surface area contributed by atoms with E-state index in [4.69, 9.17) is 10.5 Å². The van der Waals surface area contributed by atoms with Gasteiger partial charge in [0, 0.05) is 29.7 Å². The summed E-state index contributed by atoms with van der Waals surface area (Å²) in [6, 6.07) is 7.40. The standard InChI is InChI=1S/C15H19N3O2/c16-12-3-4-13-11(6-12)7-14(18-13)15(19)17-8-10-2-1-5-20-9-10/h3-4,6-7,10,18H,1-2,5,8-9,16H2,(H,17,19). The van der Waals surface area contributed by atoms with Crippen LogP contribution in [0.1, 0.15) is 23.3 Å². The molecule has 1 aromatic carbocycles. The van der Waals surface area contributed by atoms with Crippen molar-refractivity contribution >= 4 is 22.5 Å². The minimum Gasteiger partial charge on any atom is -0.399 e. The lowest BCUT2D eigenvalue weighted by atomic mass is 10.0. The minimum absolute atomic E-state index is 0.0784. The van der Waals surface area contributed by atoms with Crippen LogP contribution < -0.4 is 11.1 Å². The van der Waals surface area contributed by atoms with Crippen molar-refractivity contribution < 1.29 is 9.53 Å². The van der Waals surface area contributed by atoms with Gasteiger partial charge in [0.15, 0.2) is 0 Å². The number of nitrogen functional groups attached to an aromatic ring is 1. The third kappa shape index (κ3) is 2.77. The fraction of sp³-hybridized carbons (Fsp3) is 0.400. The molecule has 2 aromatic rings. The average molecular weight is 273 g/mol. The number of nitrogens with two attached hydrogens (primary N) is 1. The molecule has 1 atom stereocenters. The number of H-pyrrole nitrogens is 1. The first kappa shape index (κ1) is 13.0. The Morgan fingerprint density at radius 2 is 2.35 bits per heavy atom. The van der Waals surface area contributed by atoms with Gasteiger partial charge < -0.3 is 20.8 Å². The van der Waals surface area contributed by atoms with E-state index in [0.717, 1.165) is 37.0 Å². The number of hydrogen-bond acceptors (Lipinski definition) is 3. The number of ether oxygens (including phenoxy) is 1. The summed E-state index contributed by atoms with van der Waals surface area (Å²) < 4.78 is 5.41. The Morgan fingerprint density at radius 1 is 1.45 bits per heavy atom. The number of rotatable bonds is 3. The summed E-state index contributed by atoms with van der Waals surface area (Å²) in [5.41, 5.74) is 7.93. The van der Waals surface area contributed by atoms with Crippen molar-refractivity contribution in [2.24, 2.45) is 5.92 Å². The minimum atomic E-state index is -0.0784. The number of fused-ring (bicyclic) bond motifs is 1. The van der Waals surface area contributed by atoms with E-state index in [-0.39, 0.29) is 5.91 Å². The van der Waals surface area contributed by atoms with Gasteiger partial charge >= 0.3 is 0 Å². The number of aromatic amines is 1. The van der Waals surface area contributed by atoms with E-state index in [1.807, 2.05) is 24.3 Å². The highest BCUT2D eigenvalue weighted by Gasteiger charge is 2.16. The van der Waals surface area contributed by atoms with E-state index in [1.165, 1.54) is 0 Å². The molecule has 0 bridgehead atoms. The zero-order chi connectivity index (χ0) is 13.9. The Bertz CT molecular complexity index is 615. The second-order valence-electron chi connectivity index (χ2n) is 5.32. The summed E-state index contributed by atoms with van der Waals surface area (Å²) in [5.74, 6) is 0.345. The van der Waals surface area contributed by atoms with Crippen LogP contribution in [0.25, 0.3) is 10.9 Å². The van der Waals surface area contributed by atoms with Gasteiger partial charge in [-0.2, -0.15) is 0 Å². The van der Waals surface area contributed by atoms with E-state index < -0.39 is 0 Å². The number of hydrogen-bond donors (Lipinski definition) is 3. The molecule has 1 saturated heterocycles. The Balaban J connectivity index is 1.65. The zero-order valence-corrected chi connectivity index (χ0v) is 11.3. The first-order valence-corrected chi connectivity index (χ1v) is 6.96. The molecule has 5 nitrogen and oxygen atoms in total. The van der Waals surface area contributed by atoms with Crippen LogP contribution >= 0.6 is 0 Å². The van der Waals surface area contributed by atoms with Gasteiger partial charge in [0.25, 0.3) is 5.91 Å². The largest absolute Gasteiger partial charge is 0.399 e. The molecular formula is C15H19N3O2. The molecule has 0 spiro atoms. The number of nitrogens with one attached hydrogen (secondary N) is 2. The number of anilines is 1. The smallest absolute Gasteiger partial charge is 0.267 e. The monoisotopic (exact) mass is 273 g/mol. The molecule has 20 heavy (non-hydrogen) atoms. The molecule has 3 rings (SSSR count). The van der Waals surface area contributed by atoms with E-state index in [0.29, 0.717) is 23.8 Å². The van der Waals surface area contributed by atoms with Crippen molar-refractivity contribution in [2.75, 3.05) is 25.5 Å². The third-order valence-corrected chi connectivity index (χ3v) is 3.70. The van der Waals surface area contributed by atoms with Crippen molar-refractivity contribution in [1.82, 2.24) is 10.3 Å². The van der Waals surface area contributed by atoms with Crippen LogP contribution in [0.15, 0.2) is 24.3 Å². The number of carbonyl (C=O) groups is 1. The predicted octanol–water partition coefficient (Wildman–Crippen LogP) is 1.91. The number of amides is 1. The van der Waals surface area contributed by atoms with Crippen molar-refractivity contribution in [3.63, 3.8) is 0 Å². The van der Waals surface area contributed by atoms with Crippen LogP contribution in [-0.4, -0.2) is 30.6 Å². The molecule has 1 aliphatic heterocycles. The van der Waals surface area contributed by atoms with Crippen LogP contribution in [0, 0.1) is 5.92 Å². The quantitative estimate of drug-likeness (QED) is 0.747. The molecule has 1 aromatic heterocycles. The highest BCUT2D eigenvalue weighted by atomic mass is 16.5. The molecule has 4 N–H and O–H groups in total. The summed E-state index contributed by atoms with van der Waals surface area (Å²) in [5, 5.41) is 3.92. The van der Waals surface area contributed by atoms with Crippen LogP contribution in [-0.2, 0) is 4.74 Å². The fourth-order valence-corrected chi connectivity index (χ4v) is 2.57. The first-order chi connectivity index (χ1) is 9.72. The summed E-state index contributed by atoms with van der Waals surface area (Å²) in [7, 11) is 0. The molecule has 106 valence electrons. The maximum absolute atomic E-state index is 12.1. The van der Waals surface area contributed by atoms with Gasteiger partial charge in [-0.05, 0) is 43.0 Å². The van der Waals surface area contributed by atoms with E-state index in [2.05, 4.69) is 10.3 Å². The highest BCUT2D eigenvalue weighted by Crippen LogP contribution is 2.18. The van der Waals surface area contributed by atoms with Crippen molar-refractivity contribution in [1.29, 1.82) is 0 Å². The molecule has 1 unspecified atom stereocenters. The molecule has 2 heterocycles. The van der Waals surface area contributed by atoms with Gasteiger partial charge in [-0.15, -0.1) is 0 Å². The maximum atomic E-state index is 12.1. The molecule has 5 heteroatoms. The van der Waals surface area contributed by atoms with Crippen LogP contribution in [0.2, 0.25) is 0 Å². The van der Waals surface area contributed by atoms with E-state index in [1.54, 1.807) is 0 Å². The lowest BCUT2D eigenvalue weighted by Crippen LogP contribution is -2.33. The molecule has 0 radical (unpaired) electrons. The Labute approximate surface area is 117 Å². The summed E-state index contributed by atoms with van der Waals surface area (Å²) in [6.07, 6.45) is 2.19.